The summed E-state index contributed by atoms with van der Waals surface area (Å²) in [5.41, 5.74) is 0.975. The number of nitrogens with one attached hydrogen (secondary N) is 1. The summed E-state index contributed by atoms with van der Waals surface area (Å²) in [5.74, 6) is 1.37. The van der Waals surface area contributed by atoms with E-state index in [2.05, 4.69) is 5.32 Å². The van der Waals surface area contributed by atoms with Gasteiger partial charge < -0.3 is 19.5 Å². The molecule has 0 spiro atoms. The Morgan fingerprint density at radius 2 is 2.26 bits per heavy atom. The maximum absolute atomic E-state index is 11.7. The normalized spacial score (nSPS) is 25.0. The maximum atomic E-state index is 11.7. The Hall–Kier alpha value is -1.75. The number of carbonyl (C=O) groups excluding carboxylic acids is 1. The lowest BCUT2D eigenvalue weighted by Gasteiger charge is -2.13. The second-order valence-electron chi connectivity index (χ2n) is 4.81. The predicted octanol–water partition coefficient (Wildman–Crippen LogP) is 1.08. The van der Waals surface area contributed by atoms with E-state index in [1.807, 2.05) is 18.2 Å². The molecule has 102 valence electrons. The first-order valence-electron chi connectivity index (χ1n) is 6.48. The third-order valence-corrected chi connectivity index (χ3v) is 3.47. The molecule has 2 aliphatic heterocycles. The smallest absolute Gasteiger partial charge is 0.227 e. The quantitative estimate of drug-likeness (QED) is 0.807. The van der Waals surface area contributed by atoms with Crippen LogP contribution in [0.15, 0.2) is 18.2 Å². The minimum atomic E-state index is -0.0783. The first-order valence-corrected chi connectivity index (χ1v) is 6.48. The molecule has 1 amide bonds. The van der Waals surface area contributed by atoms with Gasteiger partial charge in [-0.2, -0.15) is 0 Å². The molecule has 2 heterocycles. The highest BCUT2D eigenvalue weighted by Crippen LogP contribution is 2.33. The molecule has 2 fully saturated rings. The average Bonchev–Trinajstić information content (AvgIpc) is 3.17. The van der Waals surface area contributed by atoms with Crippen molar-refractivity contribution < 1.29 is 19.0 Å². The van der Waals surface area contributed by atoms with E-state index in [-0.39, 0.29) is 17.9 Å². The second-order valence-corrected chi connectivity index (χ2v) is 4.81. The molecule has 0 radical (unpaired) electrons. The van der Waals surface area contributed by atoms with E-state index in [0.29, 0.717) is 18.1 Å². The monoisotopic (exact) mass is 263 g/mol. The number of rotatable bonds is 5. The summed E-state index contributed by atoms with van der Waals surface area (Å²) >= 11 is 0. The van der Waals surface area contributed by atoms with Gasteiger partial charge in [0.1, 0.15) is 12.7 Å². The molecule has 0 saturated carbocycles. The summed E-state index contributed by atoms with van der Waals surface area (Å²) in [6.07, 6.45) is 1.03. The van der Waals surface area contributed by atoms with Gasteiger partial charge in [0.25, 0.3) is 0 Å². The molecule has 2 saturated heterocycles. The Labute approximate surface area is 111 Å². The molecule has 5 heteroatoms. The van der Waals surface area contributed by atoms with Crippen molar-refractivity contribution in [2.24, 2.45) is 0 Å². The van der Waals surface area contributed by atoms with Gasteiger partial charge in [-0.25, -0.2) is 0 Å². The van der Waals surface area contributed by atoms with Crippen molar-refractivity contribution in [2.75, 3.05) is 26.9 Å². The van der Waals surface area contributed by atoms with Crippen LogP contribution in [0, 0.1) is 0 Å². The average molecular weight is 263 g/mol. The third-order valence-electron chi connectivity index (χ3n) is 3.47. The van der Waals surface area contributed by atoms with Crippen molar-refractivity contribution in [1.82, 2.24) is 5.32 Å². The van der Waals surface area contributed by atoms with Crippen molar-refractivity contribution >= 4 is 5.91 Å². The Morgan fingerprint density at radius 3 is 2.89 bits per heavy atom. The predicted molar refractivity (Wildman–Crippen MR) is 68.6 cm³/mol. The van der Waals surface area contributed by atoms with Gasteiger partial charge in [0.2, 0.25) is 5.91 Å². The molecule has 0 aliphatic carbocycles. The Morgan fingerprint density at radius 1 is 1.42 bits per heavy atom. The van der Waals surface area contributed by atoms with Crippen LogP contribution in [-0.4, -0.2) is 38.9 Å². The summed E-state index contributed by atoms with van der Waals surface area (Å²) in [7, 11) is 1.61. The fourth-order valence-electron chi connectivity index (χ4n) is 2.28. The molecule has 2 aliphatic rings. The molecule has 3 rings (SSSR count). The van der Waals surface area contributed by atoms with Crippen molar-refractivity contribution in [3.63, 3.8) is 0 Å². The molecule has 0 aromatic heterocycles. The number of amides is 1. The standard InChI is InChI=1S/C14H17NO4/c1-17-12-3-2-9(11-4-5-15-14(11)16)6-13(12)19-8-10-7-18-10/h2-3,6,10-11H,4-5,7-8H2,1H3,(H,15,16). The molecule has 2 unspecified atom stereocenters. The number of ether oxygens (including phenoxy) is 3. The lowest BCUT2D eigenvalue weighted by molar-refractivity contribution is -0.120. The largest absolute Gasteiger partial charge is 0.493 e. The van der Waals surface area contributed by atoms with Gasteiger partial charge in [0.15, 0.2) is 11.5 Å². The molecule has 0 bridgehead atoms. The van der Waals surface area contributed by atoms with Crippen LogP contribution in [0.4, 0.5) is 0 Å². The zero-order valence-corrected chi connectivity index (χ0v) is 10.8. The van der Waals surface area contributed by atoms with Crippen LogP contribution in [0.5, 0.6) is 11.5 Å². The first kappa shape index (κ1) is 12.3. The summed E-state index contributed by atoms with van der Waals surface area (Å²) in [6, 6.07) is 5.68. The van der Waals surface area contributed by atoms with E-state index in [9.17, 15) is 4.79 Å². The van der Waals surface area contributed by atoms with Gasteiger partial charge in [-0.15, -0.1) is 0 Å². The molecule has 1 N–H and O–H groups in total. The lowest BCUT2D eigenvalue weighted by atomic mass is 9.97. The number of hydrogen-bond donors (Lipinski definition) is 1. The lowest BCUT2D eigenvalue weighted by Crippen LogP contribution is -2.18. The van der Waals surface area contributed by atoms with E-state index >= 15 is 0 Å². The molecule has 2 atom stereocenters. The molecule has 1 aromatic rings. The number of carbonyl (C=O) groups is 1. The SMILES string of the molecule is COc1ccc(C2CCNC2=O)cc1OCC1CO1. The van der Waals surface area contributed by atoms with Gasteiger partial charge in [-0.05, 0) is 24.1 Å². The van der Waals surface area contributed by atoms with Crippen LogP contribution in [0.25, 0.3) is 0 Å². The molecule has 1 aromatic carbocycles. The minimum absolute atomic E-state index is 0.0783. The van der Waals surface area contributed by atoms with Crippen LogP contribution in [0.3, 0.4) is 0 Å². The van der Waals surface area contributed by atoms with E-state index in [0.717, 1.165) is 25.1 Å². The fourth-order valence-corrected chi connectivity index (χ4v) is 2.28. The van der Waals surface area contributed by atoms with Crippen LogP contribution in [0.1, 0.15) is 17.9 Å². The fraction of sp³-hybridized carbons (Fsp3) is 0.500. The number of methoxy groups -OCH3 is 1. The van der Waals surface area contributed by atoms with Crippen molar-refractivity contribution in [2.45, 2.75) is 18.4 Å². The molecular formula is C14H17NO4. The maximum Gasteiger partial charge on any atom is 0.227 e. The first-order chi connectivity index (χ1) is 9.28. The number of benzene rings is 1. The van der Waals surface area contributed by atoms with Gasteiger partial charge in [-0.3, -0.25) is 4.79 Å². The van der Waals surface area contributed by atoms with Crippen LogP contribution >= 0.6 is 0 Å². The summed E-state index contributed by atoms with van der Waals surface area (Å²) < 4.78 is 16.1. The van der Waals surface area contributed by atoms with Crippen molar-refractivity contribution in [1.29, 1.82) is 0 Å². The number of hydrogen-bond acceptors (Lipinski definition) is 4. The Kier molecular flexibility index (Phi) is 3.29. The molecular weight excluding hydrogens is 246 g/mol. The molecule has 19 heavy (non-hydrogen) atoms. The van der Waals surface area contributed by atoms with E-state index < -0.39 is 0 Å². The van der Waals surface area contributed by atoms with Gasteiger partial charge in [-0.1, -0.05) is 6.07 Å². The number of epoxide rings is 1. The zero-order valence-electron chi connectivity index (χ0n) is 10.8. The Balaban J connectivity index is 1.80. The summed E-state index contributed by atoms with van der Waals surface area (Å²) in [4.78, 5) is 11.7. The summed E-state index contributed by atoms with van der Waals surface area (Å²) in [6.45, 7) is 2.02. The highest BCUT2D eigenvalue weighted by Gasteiger charge is 2.27. The zero-order chi connectivity index (χ0) is 13.2. The van der Waals surface area contributed by atoms with Crippen LogP contribution < -0.4 is 14.8 Å². The van der Waals surface area contributed by atoms with Crippen LogP contribution in [-0.2, 0) is 9.53 Å². The molecule has 5 nitrogen and oxygen atoms in total. The van der Waals surface area contributed by atoms with Crippen LogP contribution in [0.2, 0.25) is 0 Å². The van der Waals surface area contributed by atoms with Gasteiger partial charge >= 0.3 is 0 Å². The highest BCUT2D eigenvalue weighted by molar-refractivity contribution is 5.85. The highest BCUT2D eigenvalue weighted by atomic mass is 16.6. The van der Waals surface area contributed by atoms with E-state index in [1.165, 1.54) is 0 Å². The van der Waals surface area contributed by atoms with Crippen molar-refractivity contribution in [3.8, 4) is 11.5 Å². The third kappa shape index (κ3) is 2.66. The van der Waals surface area contributed by atoms with Gasteiger partial charge in [0.05, 0.1) is 19.6 Å². The van der Waals surface area contributed by atoms with E-state index in [1.54, 1.807) is 7.11 Å². The minimum Gasteiger partial charge on any atom is -0.493 e. The van der Waals surface area contributed by atoms with E-state index in [4.69, 9.17) is 14.2 Å². The van der Waals surface area contributed by atoms with Crippen molar-refractivity contribution in [3.05, 3.63) is 23.8 Å². The van der Waals surface area contributed by atoms with Gasteiger partial charge in [0, 0.05) is 6.54 Å². The second kappa shape index (κ2) is 5.09. The summed E-state index contributed by atoms with van der Waals surface area (Å²) in [5, 5.41) is 2.85. The Bertz CT molecular complexity index is 484. The topological polar surface area (TPSA) is 60.1 Å².